The first-order valence-corrected chi connectivity index (χ1v) is 11.8. The highest BCUT2D eigenvalue weighted by Gasteiger charge is 2.28. The highest BCUT2D eigenvalue weighted by atomic mass is 16.5. The molecule has 0 aliphatic carbocycles. The highest BCUT2D eigenvalue weighted by Crippen LogP contribution is 2.31. The van der Waals surface area contributed by atoms with Crippen LogP contribution in [-0.2, 0) is 9.59 Å². The fourth-order valence-corrected chi connectivity index (χ4v) is 3.76. The fourth-order valence-electron chi connectivity index (χ4n) is 3.76. The molecule has 0 spiro atoms. The predicted octanol–water partition coefficient (Wildman–Crippen LogP) is 5.53. The maximum Gasteiger partial charge on any atom is 0.280 e. The Bertz CT molecular complexity index is 1350. The second-order valence-corrected chi connectivity index (χ2v) is 8.47. The first-order chi connectivity index (χ1) is 17.4. The lowest BCUT2D eigenvalue weighted by atomic mass is 10.1. The standard InChI is InChI=1S/C29H29N3O4/c1-5-35-27-17-22(16-25-21(4)31-32(29(25)34)24-9-7-6-8-10-24)12-14-26(27)36-18-28(33)30-23-13-11-19(2)20(3)15-23/h6-17H,5,18H2,1-4H3,(H,30,33)/b25-16-. The zero-order valence-corrected chi connectivity index (χ0v) is 20.9. The zero-order valence-electron chi connectivity index (χ0n) is 20.9. The average molecular weight is 484 g/mol. The van der Waals surface area contributed by atoms with Gasteiger partial charge in [-0.25, -0.2) is 0 Å². The number of nitrogens with zero attached hydrogens (tertiary/aromatic N) is 2. The van der Waals surface area contributed by atoms with Crippen molar-refractivity contribution >= 4 is 35.0 Å². The summed E-state index contributed by atoms with van der Waals surface area (Å²) in [5.74, 6) is 0.477. The van der Waals surface area contributed by atoms with Gasteiger partial charge in [0.25, 0.3) is 11.8 Å². The van der Waals surface area contributed by atoms with Crippen LogP contribution in [0.3, 0.4) is 0 Å². The molecule has 0 atom stereocenters. The highest BCUT2D eigenvalue weighted by molar-refractivity contribution is 6.32. The van der Waals surface area contributed by atoms with Gasteiger partial charge in [0.2, 0.25) is 0 Å². The van der Waals surface area contributed by atoms with Gasteiger partial charge in [0.1, 0.15) is 0 Å². The minimum atomic E-state index is -0.267. The van der Waals surface area contributed by atoms with Crippen LogP contribution < -0.4 is 19.8 Å². The summed E-state index contributed by atoms with van der Waals surface area (Å²) < 4.78 is 11.5. The third-order valence-electron chi connectivity index (χ3n) is 5.79. The molecule has 0 unspecified atom stereocenters. The molecule has 7 heteroatoms. The van der Waals surface area contributed by atoms with Crippen LogP contribution in [0.4, 0.5) is 11.4 Å². The molecule has 3 aromatic rings. The smallest absolute Gasteiger partial charge is 0.280 e. The van der Waals surface area contributed by atoms with Gasteiger partial charge in [-0.3, -0.25) is 9.59 Å². The molecule has 0 saturated carbocycles. The van der Waals surface area contributed by atoms with E-state index in [4.69, 9.17) is 9.47 Å². The molecule has 0 aromatic heterocycles. The quantitative estimate of drug-likeness (QED) is 0.428. The van der Waals surface area contributed by atoms with Crippen LogP contribution in [0.5, 0.6) is 11.5 Å². The van der Waals surface area contributed by atoms with Crippen molar-refractivity contribution in [1.82, 2.24) is 0 Å². The molecule has 7 nitrogen and oxygen atoms in total. The van der Waals surface area contributed by atoms with Crippen LogP contribution >= 0.6 is 0 Å². The van der Waals surface area contributed by atoms with Gasteiger partial charge in [-0.1, -0.05) is 30.3 Å². The van der Waals surface area contributed by atoms with E-state index in [-0.39, 0.29) is 18.4 Å². The molecule has 0 saturated heterocycles. The van der Waals surface area contributed by atoms with Crippen LogP contribution in [0, 0.1) is 13.8 Å². The van der Waals surface area contributed by atoms with Gasteiger partial charge in [0.05, 0.1) is 23.6 Å². The molecule has 0 radical (unpaired) electrons. The average Bonchev–Trinajstić information content (AvgIpc) is 3.15. The number of hydrogen-bond acceptors (Lipinski definition) is 5. The summed E-state index contributed by atoms with van der Waals surface area (Å²) in [7, 11) is 0. The van der Waals surface area contributed by atoms with Gasteiger partial charge in [-0.2, -0.15) is 10.1 Å². The van der Waals surface area contributed by atoms with Gasteiger partial charge in [-0.15, -0.1) is 0 Å². The first kappa shape index (κ1) is 24.7. The summed E-state index contributed by atoms with van der Waals surface area (Å²) in [6.07, 6.45) is 1.78. The Morgan fingerprint density at radius 2 is 1.72 bits per heavy atom. The number of para-hydroxylation sites is 1. The summed E-state index contributed by atoms with van der Waals surface area (Å²) in [5, 5.41) is 8.67. The van der Waals surface area contributed by atoms with Gasteiger partial charge in [0.15, 0.2) is 18.1 Å². The number of ether oxygens (including phenoxy) is 2. The van der Waals surface area contributed by atoms with Crippen molar-refractivity contribution in [1.29, 1.82) is 0 Å². The predicted molar refractivity (Wildman–Crippen MR) is 143 cm³/mol. The summed E-state index contributed by atoms with van der Waals surface area (Å²) in [5.41, 5.74) is 5.59. The molecular weight excluding hydrogens is 454 g/mol. The van der Waals surface area contributed by atoms with Crippen molar-refractivity contribution in [3.8, 4) is 11.5 Å². The normalized spacial score (nSPS) is 14.1. The lowest BCUT2D eigenvalue weighted by Crippen LogP contribution is -2.21. The number of carbonyl (C=O) groups is 2. The van der Waals surface area contributed by atoms with Crippen molar-refractivity contribution in [2.45, 2.75) is 27.7 Å². The number of aryl methyl sites for hydroxylation is 2. The topological polar surface area (TPSA) is 80.2 Å². The number of anilines is 2. The van der Waals surface area contributed by atoms with Crippen LogP contribution in [0.15, 0.2) is 77.4 Å². The Morgan fingerprint density at radius 1 is 0.944 bits per heavy atom. The van der Waals surface area contributed by atoms with Crippen molar-refractivity contribution in [2.24, 2.45) is 5.10 Å². The molecule has 1 aliphatic heterocycles. The maximum atomic E-state index is 13.0. The van der Waals surface area contributed by atoms with Crippen LogP contribution in [0.2, 0.25) is 0 Å². The second-order valence-electron chi connectivity index (χ2n) is 8.47. The van der Waals surface area contributed by atoms with E-state index in [0.717, 1.165) is 22.4 Å². The Labute approximate surface area is 211 Å². The van der Waals surface area contributed by atoms with E-state index in [9.17, 15) is 9.59 Å². The Balaban J connectivity index is 1.47. The molecule has 3 aromatic carbocycles. The first-order valence-electron chi connectivity index (χ1n) is 11.8. The van der Waals surface area contributed by atoms with E-state index in [1.54, 1.807) is 18.2 Å². The monoisotopic (exact) mass is 483 g/mol. The van der Waals surface area contributed by atoms with E-state index in [1.165, 1.54) is 5.01 Å². The number of carbonyl (C=O) groups excluding carboxylic acids is 2. The molecule has 4 rings (SSSR count). The minimum absolute atomic E-state index is 0.163. The van der Waals surface area contributed by atoms with E-state index < -0.39 is 0 Å². The fraction of sp³-hybridized carbons (Fsp3) is 0.207. The number of benzene rings is 3. The van der Waals surface area contributed by atoms with Crippen molar-refractivity contribution in [3.63, 3.8) is 0 Å². The van der Waals surface area contributed by atoms with E-state index >= 15 is 0 Å². The van der Waals surface area contributed by atoms with Gasteiger partial charge >= 0.3 is 0 Å². The molecular formula is C29H29N3O4. The molecule has 2 amide bonds. The van der Waals surface area contributed by atoms with Crippen molar-refractivity contribution < 1.29 is 19.1 Å². The third kappa shape index (κ3) is 5.63. The van der Waals surface area contributed by atoms with Gasteiger partial charge in [-0.05, 0) is 86.9 Å². The van der Waals surface area contributed by atoms with Crippen molar-refractivity contribution in [3.05, 3.63) is 89.0 Å². The SMILES string of the molecule is CCOc1cc(/C=C2\C(=O)N(c3ccccc3)N=C2C)ccc1OCC(=O)Nc1ccc(C)c(C)c1. The zero-order chi connectivity index (χ0) is 25.7. The lowest BCUT2D eigenvalue weighted by Gasteiger charge is -2.13. The van der Waals surface area contributed by atoms with E-state index in [2.05, 4.69) is 10.4 Å². The summed E-state index contributed by atoms with van der Waals surface area (Å²) in [6, 6.07) is 20.4. The Morgan fingerprint density at radius 3 is 2.44 bits per heavy atom. The number of rotatable bonds is 8. The molecule has 0 fully saturated rings. The summed E-state index contributed by atoms with van der Waals surface area (Å²) >= 11 is 0. The molecule has 36 heavy (non-hydrogen) atoms. The minimum Gasteiger partial charge on any atom is -0.490 e. The molecule has 1 N–H and O–H groups in total. The molecule has 1 heterocycles. The number of hydrogen-bond donors (Lipinski definition) is 1. The Kier molecular flexibility index (Phi) is 7.49. The van der Waals surface area contributed by atoms with Gasteiger partial charge in [0, 0.05) is 5.69 Å². The maximum absolute atomic E-state index is 13.0. The summed E-state index contributed by atoms with van der Waals surface area (Å²) in [4.78, 5) is 25.4. The van der Waals surface area contributed by atoms with E-state index in [0.29, 0.717) is 35.1 Å². The van der Waals surface area contributed by atoms with Crippen molar-refractivity contribution in [2.75, 3.05) is 23.5 Å². The number of nitrogens with one attached hydrogen (secondary N) is 1. The van der Waals surface area contributed by atoms with Crippen LogP contribution in [0.1, 0.15) is 30.5 Å². The number of hydrazone groups is 1. The second kappa shape index (κ2) is 10.9. The number of amides is 2. The lowest BCUT2D eigenvalue weighted by molar-refractivity contribution is -0.118. The molecule has 1 aliphatic rings. The molecule has 0 bridgehead atoms. The van der Waals surface area contributed by atoms with Gasteiger partial charge < -0.3 is 14.8 Å². The molecule has 184 valence electrons. The van der Waals surface area contributed by atoms with E-state index in [1.807, 2.05) is 82.3 Å². The van der Waals surface area contributed by atoms with Crippen LogP contribution in [0.25, 0.3) is 6.08 Å². The van der Waals surface area contributed by atoms with Crippen LogP contribution in [-0.4, -0.2) is 30.7 Å². The third-order valence-corrected chi connectivity index (χ3v) is 5.79. The summed E-state index contributed by atoms with van der Waals surface area (Å²) in [6.45, 7) is 7.96. The Hall–Kier alpha value is -4.39. The largest absolute Gasteiger partial charge is 0.490 e.